The zero-order chi connectivity index (χ0) is 12.8. The summed E-state index contributed by atoms with van der Waals surface area (Å²) in [5, 5.41) is 3.90. The largest absolute Gasteiger partial charge is 0.384 e. The second kappa shape index (κ2) is 6.28. The van der Waals surface area contributed by atoms with Crippen LogP contribution in [0.2, 0.25) is 0 Å². The molecule has 1 aromatic carbocycles. The van der Waals surface area contributed by atoms with Gasteiger partial charge in [-0.15, -0.1) is 0 Å². The zero-order valence-corrected chi connectivity index (χ0v) is 10.4. The highest BCUT2D eigenvalue weighted by atomic mass is 16.5. The lowest BCUT2D eigenvalue weighted by atomic mass is 10.1. The first-order valence-corrected chi connectivity index (χ1v) is 5.94. The second-order valence-corrected chi connectivity index (χ2v) is 3.99. The second-order valence-electron chi connectivity index (χ2n) is 3.99. The van der Waals surface area contributed by atoms with Crippen LogP contribution in [0.5, 0.6) is 0 Å². The van der Waals surface area contributed by atoms with E-state index in [0.29, 0.717) is 31.3 Å². The maximum absolute atomic E-state index is 5.51. The van der Waals surface area contributed by atoms with E-state index in [9.17, 15) is 0 Å². The third-order valence-electron chi connectivity index (χ3n) is 2.63. The Morgan fingerprint density at radius 3 is 2.67 bits per heavy atom. The maximum Gasteiger partial charge on any atom is 0.257 e. The number of hydrogen-bond acceptors (Lipinski definition) is 5. The molecule has 0 spiro atoms. The molecule has 2 rings (SSSR count). The van der Waals surface area contributed by atoms with E-state index in [4.69, 9.17) is 15.0 Å². The number of rotatable bonds is 6. The molecule has 5 heteroatoms. The monoisotopic (exact) mass is 247 g/mol. The molecule has 2 aromatic rings. The van der Waals surface area contributed by atoms with E-state index in [2.05, 4.69) is 10.1 Å². The third-order valence-corrected chi connectivity index (χ3v) is 2.63. The molecule has 0 atom stereocenters. The summed E-state index contributed by atoms with van der Waals surface area (Å²) in [4.78, 5) is 4.31. The molecule has 0 unspecified atom stereocenters. The van der Waals surface area contributed by atoms with Crippen LogP contribution in [-0.2, 0) is 17.6 Å². The Kier molecular flexibility index (Phi) is 4.44. The van der Waals surface area contributed by atoms with Crippen LogP contribution in [-0.4, -0.2) is 30.4 Å². The van der Waals surface area contributed by atoms with Gasteiger partial charge in [0.1, 0.15) is 0 Å². The summed E-state index contributed by atoms with van der Waals surface area (Å²) in [6.07, 6.45) is 1.54. The van der Waals surface area contributed by atoms with Crippen molar-refractivity contribution in [2.24, 2.45) is 5.73 Å². The smallest absolute Gasteiger partial charge is 0.257 e. The zero-order valence-electron chi connectivity index (χ0n) is 10.4. The summed E-state index contributed by atoms with van der Waals surface area (Å²) in [6.45, 7) is 1.25. The number of hydrogen-bond donors (Lipinski definition) is 1. The molecule has 0 saturated carbocycles. The van der Waals surface area contributed by atoms with E-state index in [0.717, 1.165) is 12.0 Å². The van der Waals surface area contributed by atoms with Gasteiger partial charge < -0.3 is 15.0 Å². The van der Waals surface area contributed by atoms with Crippen LogP contribution in [0.4, 0.5) is 0 Å². The molecular formula is C13H17N3O2. The van der Waals surface area contributed by atoms with Crippen LogP contribution in [0, 0.1) is 0 Å². The molecule has 0 aliphatic heterocycles. The van der Waals surface area contributed by atoms with Crippen LogP contribution >= 0.6 is 0 Å². The molecule has 5 nitrogen and oxygen atoms in total. The molecule has 0 fully saturated rings. The molecule has 0 amide bonds. The lowest BCUT2D eigenvalue weighted by Gasteiger charge is -1.99. The number of nitrogens with two attached hydrogens (primary N) is 1. The van der Waals surface area contributed by atoms with E-state index in [1.54, 1.807) is 7.11 Å². The van der Waals surface area contributed by atoms with Crippen LogP contribution in [0.15, 0.2) is 28.8 Å². The van der Waals surface area contributed by atoms with Crippen molar-refractivity contribution in [1.82, 2.24) is 10.1 Å². The predicted molar refractivity (Wildman–Crippen MR) is 68.1 cm³/mol. The highest BCUT2D eigenvalue weighted by Gasteiger charge is 2.08. The Bertz CT molecular complexity index is 479. The fraction of sp³-hybridized carbons (Fsp3) is 0.385. The van der Waals surface area contributed by atoms with Crippen molar-refractivity contribution in [1.29, 1.82) is 0 Å². The fourth-order valence-electron chi connectivity index (χ4n) is 1.65. The normalized spacial score (nSPS) is 10.8. The SMILES string of the molecule is COCCc1noc(-c2ccc(CCN)cc2)n1. The first kappa shape index (κ1) is 12.7. The van der Waals surface area contributed by atoms with Crippen LogP contribution in [0.3, 0.4) is 0 Å². The minimum Gasteiger partial charge on any atom is -0.384 e. The van der Waals surface area contributed by atoms with Gasteiger partial charge in [0.05, 0.1) is 6.61 Å². The van der Waals surface area contributed by atoms with Gasteiger partial charge in [-0.05, 0) is 30.7 Å². The Morgan fingerprint density at radius 2 is 2.00 bits per heavy atom. The molecule has 1 aromatic heterocycles. The summed E-state index contributed by atoms with van der Waals surface area (Å²) in [5.74, 6) is 1.21. The predicted octanol–water partition coefficient (Wildman–Crippen LogP) is 1.43. The molecule has 0 bridgehead atoms. The Labute approximate surface area is 106 Å². The van der Waals surface area contributed by atoms with Gasteiger partial charge in [-0.3, -0.25) is 0 Å². The summed E-state index contributed by atoms with van der Waals surface area (Å²) >= 11 is 0. The third kappa shape index (κ3) is 3.15. The van der Waals surface area contributed by atoms with Gasteiger partial charge in [-0.25, -0.2) is 0 Å². The van der Waals surface area contributed by atoms with Crippen molar-refractivity contribution in [2.45, 2.75) is 12.8 Å². The molecule has 18 heavy (non-hydrogen) atoms. The fourth-order valence-corrected chi connectivity index (χ4v) is 1.65. The van der Waals surface area contributed by atoms with E-state index in [1.165, 1.54) is 5.56 Å². The van der Waals surface area contributed by atoms with Gasteiger partial charge in [0.15, 0.2) is 5.82 Å². The van der Waals surface area contributed by atoms with Crippen LogP contribution in [0.25, 0.3) is 11.5 Å². The first-order valence-electron chi connectivity index (χ1n) is 5.94. The Hall–Kier alpha value is -1.72. The minimum absolute atomic E-state index is 0.542. The quantitative estimate of drug-likeness (QED) is 0.835. The molecule has 0 aliphatic rings. The van der Waals surface area contributed by atoms with Crippen molar-refractivity contribution < 1.29 is 9.26 Å². The molecule has 0 radical (unpaired) electrons. The van der Waals surface area contributed by atoms with Crippen molar-refractivity contribution in [3.05, 3.63) is 35.7 Å². The number of ether oxygens (including phenoxy) is 1. The minimum atomic E-state index is 0.542. The molecular weight excluding hydrogens is 230 g/mol. The summed E-state index contributed by atoms with van der Waals surface area (Å²) in [7, 11) is 1.65. The summed E-state index contributed by atoms with van der Waals surface area (Å²) < 4.78 is 10.2. The van der Waals surface area contributed by atoms with E-state index in [-0.39, 0.29) is 0 Å². The molecule has 1 heterocycles. The topological polar surface area (TPSA) is 74.2 Å². The number of benzene rings is 1. The number of nitrogens with zero attached hydrogens (tertiary/aromatic N) is 2. The Morgan fingerprint density at radius 1 is 1.22 bits per heavy atom. The highest BCUT2D eigenvalue weighted by molar-refractivity contribution is 5.53. The van der Waals surface area contributed by atoms with E-state index >= 15 is 0 Å². The number of aromatic nitrogens is 2. The van der Waals surface area contributed by atoms with E-state index < -0.39 is 0 Å². The van der Waals surface area contributed by atoms with Crippen LogP contribution in [0.1, 0.15) is 11.4 Å². The van der Waals surface area contributed by atoms with Gasteiger partial charge in [0.25, 0.3) is 5.89 Å². The molecule has 96 valence electrons. The average molecular weight is 247 g/mol. The van der Waals surface area contributed by atoms with Crippen molar-refractivity contribution >= 4 is 0 Å². The lowest BCUT2D eigenvalue weighted by Crippen LogP contribution is -2.02. The van der Waals surface area contributed by atoms with Gasteiger partial charge in [-0.2, -0.15) is 4.98 Å². The maximum atomic E-state index is 5.51. The van der Waals surface area contributed by atoms with Crippen molar-refractivity contribution in [3.8, 4) is 11.5 Å². The summed E-state index contributed by atoms with van der Waals surface area (Å²) in [6, 6.07) is 8.00. The van der Waals surface area contributed by atoms with Gasteiger partial charge in [-0.1, -0.05) is 17.3 Å². The molecule has 0 saturated heterocycles. The average Bonchev–Trinajstić information content (AvgIpc) is 2.86. The molecule has 0 aliphatic carbocycles. The van der Waals surface area contributed by atoms with Gasteiger partial charge in [0, 0.05) is 19.1 Å². The van der Waals surface area contributed by atoms with Gasteiger partial charge >= 0.3 is 0 Å². The Balaban J connectivity index is 2.08. The standard InChI is InChI=1S/C13H17N3O2/c1-17-9-7-12-15-13(18-16-12)11-4-2-10(3-5-11)6-8-14/h2-5H,6-9,14H2,1H3. The van der Waals surface area contributed by atoms with Crippen molar-refractivity contribution in [3.63, 3.8) is 0 Å². The molecule has 2 N–H and O–H groups in total. The first-order chi connectivity index (χ1) is 8.83. The highest BCUT2D eigenvalue weighted by Crippen LogP contribution is 2.18. The van der Waals surface area contributed by atoms with Gasteiger partial charge in [0.2, 0.25) is 0 Å². The lowest BCUT2D eigenvalue weighted by molar-refractivity contribution is 0.199. The van der Waals surface area contributed by atoms with Crippen molar-refractivity contribution in [2.75, 3.05) is 20.3 Å². The van der Waals surface area contributed by atoms with E-state index in [1.807, 2.05) is 24.3 Å². The number of methoxy groups -OCH3 is 1. The van der Waals surface area contributed by atoms with Crippen LogP contribution < -0.4 is 5.73 Å². The summed E-state index contributed by atoms with van der Waals surface area (Å²) in [5.41, 5.74) is 7.64.